The van der Waals surface area contributed by atoms with Crippen LogP contribution in [0.2, 0.25) is 0 Å². The molecule has 1 atom stereocenters. The molecule has 7 heteroatoms. The number of esters is 1. The van der Waals surface area contributed by atoms with Crippen LogP contribution in [0.3, 0.4) is 0 Å². The van der Waals surface area contributed by atoms with Gasteiger partial charge in [-0.1, -0.05) is 48.5 Å². The number of benzene rings is 3. The summed E-state index contributed by atoms with van der Waals surface area (Å²) in [6.45, 7) is 4.09. The Hall–Kier alpha value is -3.90. The number of hydrogen-bond acceptors (Lipinski definition) is 6. The zero-order valence-electron chi connectivity index (χ0n) is 20.3. The molecule has 3 aromatic carbocycles. The molecule has 5 rings (SSSR count). The molecule has 1 N–H and O–H groups in total. The largest absolute Gasteiger partial charge is 0.488 e. The van der Waals surface area contributed by atoms with E-state index in [-0.39, 0.29) is 19.0 Å². The van der Waals surface area contributed by atoms with E-state index in [2.05, 4.69) is 34.0 Å². The number of nitriles is 1. The number of ether oxygens (including phenoxy) is 2. The van der Waals surface area contributed by atoms with Gasteiger partial charge in [0, 0.05) is 33.9 Å². The van der Waals surface area contributed by atoms with Gasteiger partial charge < -0.3 is 14.8 Å². The Morgan fingerprint density at radius 1 is 1.08 bits per heavy atom. The SMILES string of the molecule is CCOC(=O)C1=C(C)NC2=C(C(=O)c3ccccc32)[C@H]1c1ccc(OCc2ccccc2C#N)c(I)c1. The summed E-state index contributed by atoms with van der Waals surface area (Å²) in [5, 5.41) is 12.7. The quantitative estimate of drug-likeness (QED) is 0.281. The van der Waals surface area contributed by atoms with Gasteiger partial charge in [-0.05, 0) is 60.2 Å². The fourth-order valence-corrected chi connectivity index (χ4v) is 5.56. The third-order valence-corrected chi connectivity index (χ3v) is 7.40. The number of ketones is 1. The molecule has 1 heterocycles. The number of rotatable bonds is 6. The molecule has 0 bridgehead atoms. The normalized spacial score (nSPS) is 16.1. The first-order valence-corrected chi connectivity index (χ1v) is 13.0. The van der Waals surface area contributed by atoms with Crippen LogP contribution in [-0.2, 0) is 16.1 Å². The second kappa shape index (κ2) is 10.2. The fourth-order valence-electron chi connectivity index (χ4n) is 4.87. The lowest BCUT2D eigenvalue weighted by molar-refractivity contribution is -0.138. The van der Waals surface area contributed by atoms with E-state index in [1.807, 2.05) is 67.6 Å². The van der Waals surface area contributed by atoms with Gasteiger partial charge in [-0.15, -0.1) is 0 Å². The highest BCUT2D eigenvalue weighted by atomic mass is 127. The van der Waals surface area contributed by atoms with Crippen molar-refractivity contribution < 1.29 is 19.1 Å². The predicted octanol–water partition coefficient (Wildman–Crippen LogP) is 5.87. The summed E-state index contributed by atoms with van der Waals surface area (Å²) < 4.78 is 12.3. The monoisotopic (exact) mass is 602 g/mol. The van der Waals surface area contributed by atoms with Crippen LogP contribution in [0.5, 0.6) is 5.75 Å². The van der Waals surface area contributed by atoms with Crippen molar-refractivity contribution in [2.45, 2.75) is 26.4 Å². The van der Waals surface area contributed by atoms with E-state index in [1.165, 1.54) is 0 Å². The van der Waals surface area contributed by atoms with E-state index in [1.54, 1.807) is 13.0 Å². The van der Waals surface area contributed by atoms with Crippen molar-refractivity contribution in [1.82, 2.24) is 5.32 Å². The lowest BCUT2D eigenvalue weighted by Crippen LogP contribution is -2.29. The minimum atomic E-state index is -0.586. The van der Waals surface area contributed by atoms with E-state index in [4.69, 9.17) is 9.47 Å². The summed E-state index contributed by atoms with van der Waals surface area (Å²) >= 11 is 2.20. The van der Waals surface area contributed by atoms with Gasteiger partial charge >= 0.3 is 5.97 Å². The summed E-state index contributed by atoms with van der Waals surface area (Å²) in [4.78, 5) is 26.7. The maximum absolute atomic E-state index is 13.6. The molecule has 3 aromatic rings. The number of halogens is 1. The zero-order valence-corrected chi connectivity index (χ0v) is 22.5. The highest BCUT2D eigenvalue weighted by Crippen LogP contribution is 2.47. The van der Waals surface area contributed by atoms with E-state index >= 15 is 0 Å². The third-order valence-electron chi connectivity index (χ3n) is 6.55. The number of allylic oxidation sites excluding steroid dienone is 2. The van der Waals surface area contributed by atoms with Crippen LogP contribution in [0.1, 0.15) is 52.4 Å². The fraction of sp³-hybridized carbons (Fsp3) is 0.167. The molecule has 0 radical (unpaired) electrons. The van der Waals surface area contributed by atoms with Crippen molar-refractivity contribution in [2.24, 2.45) is 0 Å². The molecule has 0 saturated carbocycles. The number of nitrogens with one attached hydrogen (secondary N) is 1. The highest BCUT2D eigenvalue weighted by Gasteiger charge is 2.43. The maximum atomic E-state index is 13.6. The molecule has 0 spiro atoms. The minimum Gasteiger partial charge on any atom is -0.488 e. The molecule has 0 amide bonds. The van der Waals surface area contributed by atoms with Gasteiger partial charge in [-0.2, -0.15) is 5.26 Å². The molecule has 37 heavy (non-hydrogen) atoms. The van der Waals surface area contributed by atoms with Crippen LogP contribution >= 0.6 is 22.6 Å². The average Bonchev–Trinajstić information content (AvgIpc) is 3.18. The van der Waals surface area contributed by atoms with Gasteiger partial charge in [0.25, 0.3) is 0 Å². The molecule has 0 saturated heterocycles. The first-order chi connectivity index (χ1) is 17.9. The van der Waals surface area contributed by atoms with E-state index in [0.29, 0.717) is 33.7 Å². The van der Waals surface area contributed by atoms with Gasteiger partial charge in [-0.25, -0.2) is 4.79 Å². The first-order valence-electron chi connectivity index (χ1n) is 11.9. The highest BCUT2D eigenvalue weighted by molar-refractivity contribution is 14.1. The molecule has 184 valence electrons. The number of Topliss-reactive ketones (excluding diaryl/α,β-unsaturated/α-hetero) is 1. The van der Waals surface area contributed by atoms with Gasteiger partial charge in [0.1, 0.15) is 12.4 Å². The number of carbonyl (C=O) groups is 2. The van der Waals surface area contributed by atoms with Gasteiger partial charge in [0.15, 0.2) is 5.78 Å². The molecular weight excluding hydrogens is 579 g/mol. The standard InChI is InChI=1S/C30H23IN2O4/c1-3-36-30(35)25-17(2)33-28-21-10-6-7-11-22(21)29(34)27(28)26(25)18-12-13-24(23(31)14-18)37-16-20-9-5-4-8-19(20)15-32/h4-14,26,33H,3,16H2,1-2H3/t26-/m0/s1. The lowest BCUT2D eigenvalue weighted by atomic mass is 9.80. The van der Waals surface area contributed by atoms with Gasteiger partial charge in [0.2, 0.25) is 0 Å². The summed E-state index contributed by atoms with van der Waals surface area (Å²) in [5.41, 5.74) is 5.99. The lowest BCUT2D eigenvalue weighted by Gasteiger charge is -2.29. The Morgan fingerprint density at radius 2 is 1.81 bits per heavy atom. The van der Waals surface area contributed by atoms with Crippen LogP contribution < -0.4 is 10.1 Å². The second-order valence-corrected chi connectivity index (χ2v) is 9.89. The van der Waals surface area contributed by atoms with Crippen LogP contribution in [0, 0.1) is 14.9 Å². The Morgan fingerprint density at radius 3 is 2.54 bits per heavy atom. The Kier molecular flexibility index (Phi) is 6.85. The second-order valence-electron chi connectivity index (χ2n) is 8.73. The van der Waals surface area contributed by atoms with Crippen LogP contribution in [0.4, 0.5) is 0 Å². The summed E-state index contributed by atoms with van der Waals surface area (Å²) in [5.74, 6) is -0.478. The number of hydrogen-bond donors (Lipinski definition) is 1. The van der Waals surface area contributed by atoms with E-state index in [9.17, 15) is 14.9 Å². The van der Waals surface area contributed by atoms with Crippen LogP contribution in [-0.4, -0.2) is 18.4 Å². The number of fused-ring (bicyclic) bond motifs is 2. The van der Waals surface area contributed by atoms with E-state index < -0.39 is 11.9 Å². The van der Waals surface area contributed by atoms with Crippen molar-refractivity contribution >= 4 is 40.0 Å². The Balaban J connectivity index is 1.54. The molecule has 2 aliphatic rings. The average molecular weight is 602 g/mol. The maximum Gasteiger partial charge on any atom is 0.336 e. The molecule has 0 unspecified atom stereocenters. The number of nitrogens with zero attached hydrogens (tertiary/aromatic N) is 1. The minimum absolute atomic E-state index is 0.0964. The van der Waals surface area contributed by atoms with Crippen molar-refractivity contribution in [1.29, 1.82) is 5.26 Å². The Labute approximate surface area is 228 Å². The summed E-state index contributed by atoms with van der Waals surface area (Å²) in [6.07, 6.45) is 0. The van der Waals surface area contributed by atoms with E-state index in [0.717, 1.165) is 26.0 Å². The molecule has 1 aliphatic carbocycles. The number of carbonyl (C=O) groups excluding carboxylic acids is 2. The molecule has 0 aromatic heterocycles. The Bertz CT molecular complexity index is 1550. The molecular formula is C30H23IN2O4. The summed E-state index contributed by atoms with van der Waals surface area (Å²) in [6, 6.07) is 22.7. The zero-order chi connectivity index (χ0) is 26.1. The molecule has 1 aliphatic heterocycles. The van der Waals surface area contributed by atoms with Crippen molar-refractivity contribution in [3.8, 4) is 11.8 Å². The first kappa shape index (κ1) is 24.8. The van der Waals surface area contributed by atoms with Crippen LogP contribution in [0.15, 0.2) is 83.6 Å². The van der Waals surface area contributed by atoms with Crippen molar-refractivity contribution in [2.75, 3.05) is 6.61 Å². The topological polar surface area (TPSA) is 88.4 Å². The van der Waals surface area contributed by atoms with Crippen molar-refractivity contribution in [3.05, 3.63) is 115 Å². The van der Waals surface area contributed by atoms with Gasteiger partial charge in [0.05, 0.1) is 33.1 Å². The summed E-state index contributed by atoms with van der Waals surface area (Å²) in [7, 11) is 0. The molecule has 6 nitrogen and oxygen atoms in total. The smallest absolute Gasteiger partial charge is 0.336 e. The third kappa shape index (κ3) is 4.42. The predicted molar refractivity (Wildman–Crippen MR) is 148 cm³/mol. The van der Waals surface area contributed by atoms with Crippen molar-refractivity contribution in [3.63, 3.8) is 0 Å². The molecule has 0 fully saturated rings. The van der Waals surface area contributed by atoms with Gasteiger partial charge in [-0.3, -0.25) is 4.79 Å². The number of dihydropyridines is 1. The van der Waals surface area contributed by atoms with Crippen LogP contribution in [0.25, 0.3) is 5.70 Å².